The minimum Gasteiger partial charge on any atom is -0.504 e. The molecule has 6 heteroatoms. The summed E-state index contributed by atoms with van der Waals surface area (Å²) in [6.45, 7) is 2.56. The van der Waals surface area contributed by atoms with E-state index in [-0.39, 0.29) is 23.4 Å². The number of hydrogen-bond donors (Lipinski definition) is 2. The molecule has 3 aromatic carbocycles. The first-order valence-corrected chi connectivity index (χ1v) is 10.6. The molecule has 2 aliphatic rings. The van der Waals surface area contributed by atoms with Crippen LogP contribution >= 0.6 is 0 Å². The standard InChI is InChI=1S/C26H25NO5/c1-14-4-6-15(7-5-14)26(30)27-9-8-16-12-22(32-3)25(29)24-18-13-21(31-2)20(28)11-17(18)10-19(27)23(16)24/h4-7,11-13,19,28-29H,8-10H2,1-3H3. The maximum absolute atomic E-state index is 13.5. The number of phenolic OH excluding ortho intramolecular Hbond substituents is 2. The molecular formula is C26H25NO5. The molecule has 0 aromatic heterocycles. The van der Waals surface area contributed by atoms with Crippen molar-refractivity contribution in [2.75, 3.05) is 20.8 Å². The molecule has 164 valence electrons. The average molecular weight is 431 g/mol. The zero-order chi connectivity index (χ0) is 22.6. The summed E-state index contributed by atoms with van der Waals surface area (Å²) in [7, 11) is 3.03. The highest BCUT2D eigenvalue weighted by Gasteiger charge is 2.39. The molecule has 0 bridgehead atoms. The van der Waals surface area contributed by atoms with Crippen molar-refractivity contribution in [2.24, 2.45) is 0 Å². The van der Waals surface area contributed by atoms with E-state index < -0.39 is 0 Å². The quantitative estimate of drug-likeness (QED) is 0.643. The molecule has 2 N–H and O–H groups in total. The van der Waals surface area contributed by atoms with Crippen molar-refractivity contribution in [2.45, 2.75) is 25.8 Å². The van der Waals surface area contributed by atoms with E-state index in [9.17, 15) is 15.0 Å². The van der Waals surface area contributed by atoms with Gasteiger partial charge in [0.05, 0.1) is 20.3 Å². The third kappa shape index (κ3) is 2.98. The Bertz CT molecular complexity index is 1230. The number of benzene rings is 3. The molecular weight excluding hydrogens is 406 g/mol. The maximum atomic E-state index is 13.5. The first-order valence-electron chi connectivity index (χ1n) is 10.6. The summed E-state index contributed by atoms with van der Waals surface area (Å²) in [6, 6.07) is 12.6. The average Bonchev–Trinajstić information content (AvgIpc) is 2.80. The van der Waals surface area contributed by atoms with E-state index in [0.29, 0.717) is 42.0 Å². The number of hydrogen-bond acceptors (Lipinski definition) is 5. The topological polar surface area (TPSA) is 79.2 Å². The van der Waals surface area contributed by atoms with Crippen LogP contribution in [0.5, 0.6) is 23.0 Å². The van der Waals surface area contributed by atoms with E-state index >= 15 is 0 Å². The molecule has 5 rings (SSSR count). The normalized spacial score (nSPS) is 16.2. The van der Waals surface area contributed by atoms with E-state index in [1.165, 1.54) is 14.2 Å². The Labute approximate surface area is 186 Å². The Hall–Kier alpha value is -3.67. The van der Waals surface area contributed by atoms with E-state index in [4.69, 9.17) is 9.47 Å². The number of ether oxygens (including phenoxy) is 2. The highest BCUT2D eigenvalue weighted by atomic mass is 16.5. The first kappa shape index (κ1) is 20.2. The van der Waals surface area contributed by atoms with Gasteiger partial charge in [0, 0.05) is 17.7 Å². The Balaban J connectivity index is 1.70. The molecule has 0 saturated carbocycles. The predicted octanol–water partition coefficient (Wildman–Crippen LogP) is 4.39. The van der Waals surface area contributed by atoms with Gasteiger partial charge in [0.15, 0.2) is 23.0 Å². The lowest BCUT2D eigenvalue weighted by molar-refractivity contribution is 0.0658. The smallest absolute Gasteiger partial charge is 0.254 e. The van der Waals surface area contributed by atoms with Crippen LogP contribution in [-0.2, 0) is 12.8 Å². The van der Waals surface area contributed by atoms with Gasteiger partial charge in [-0.2, -0.15) is 0 Å². The van der Waals surface area contributed by atoms with Crippen LogP contribution in [0, 0.1) is 6.92 Å². The van der Waals surface area contributed by atoms with Crippen LogP contribution in [0.25, 0.3) is 11.1 Å². The van der Waals surface area contributed by atoms with Crippen LogP contribution in [0.4, 0.5) is 0 Å². The number of carbonyl (C=O) groups excluding carboxylic acids is 1. The van der Waals surface area contributed by atoms with Crippen LogP contribution in [0.3, 0.4) is 0 Å². The fourth-order valence-electron chi connectivity index (χ4n) is 4.99. The highest BCUT2D eigenvalue weighted by molar-refractivity contribution is 5.95. The van der Waals surface area contributed by atoms with Crippen molar-refractivity contribution in [1.82, 2.24) is 4.90 Å². The van der Waals surface area contributed by atoms with Crippen molar-refractivity contribution in [3.63, 3.8) is 0 Å². The van der Waals surface area contributed by atoms with E-state index in [0.717, 1.165) is 27.8 Å². The highest BCUT2D eigenvalue weighted by Crippen LogP contribution is 2.53. The van der Waals surface area contributed by atoms with Crippen LogP contribution in [0.2, 0.25) is 0 Å². The van der Waals surface area contributed by atoms with Gasteiger partial charge in [-0.1, -0.05) is 17.7 Å². The Morgan fingerprint density at radius 2 is 1.72 bits per heavy atom. The Morgan fingerprint density at radius 3 is 2.41 bits per heavy atom. The van der Waals surface area contributed by atoms with Crippen molar-refractivity contribution >= 4 is 5.91 Å². The Morgan fingerprint density at radius 1 is 1.00 bits per heavy atom. The lowest BCUT2D eigenvalue weighted by Crippen LogP contribution is -2.42. The summed E-state index contributed by atoms with van der Waals surface area (Å²) >= 11 is 0. The van der Waals surface area contributed by atoms with Gasteiger partial charge in [0.25, 0.3) is 5.91 Å². The summed E-state index contributed by atoms with van der Waals surface area (Å²) < 4.78 is 10.8. The number of fused-ring (bicyclic) bond motifs is 2. The summed E-state index contributed by atoms with van der Waals surface area (Å²) in [4.78, 5) is 15.4. The molecule has 1 amide bonds. The fourth-order valence-corrected chi connectivity index (χ4v) is 4.99. The molecule has 3 aromatic rings. The van der Waals surface area contributed by atoms with Crippen LogP contribution < -0.4 is 9.47 Å². The van der Waals surface area contributed by atoms with Gasteiger partial charge in [-0.15, -0.1) is 0 Å². The summed E-state index contributed by atoms with van der Waals surface area (Å²) in [5, 5.41) is 21.5. The molecule has 1 aliphatic carbocycles. The second kappa shape index (κ2) is 7.48. The molecule has 0 spiro atoms. The van der Waals surface area contributed by atoms with Gasteiger partial charge in [-0.3, -0.25) is 4.79 Å². The fraction of sp³-hybridized carbons (Fsp3) is 0.269. The van der Waals surface area contributed by atoms with Crippen molar-refractivity contribution in [3.05, 3.63) is 70.3 Å². The van der Waals surface area contributed by atoms with Gasteiger partial charge in [0.2, 0.25) is 0 Å². The number of aromatic hydroxyl groups is 2. The van der Waals surface area contributed by atoms with E-state index in [1.54, 1.807) is 12.1 Å². The minimum absolute atomic E-state index is 0.0320. The molecule has 1 atom stereocenters. The van der Waals surface area contributed by atoms with Crippen LogP contribution in [0.1, 0.15) is 38.7 Å². The van der Waals surface area contributed by atoms with E-state index in [2.05, 4.69) is 0 Å². The second-order valence-electron chi connectivity index (χ2n) is 8.39. The molecule has 1 aliphatic heterocycles. The van der Waals surface area contributed by atoms with Gasteiger partial charge >= 0.3 is 0 Å². The summed E-state index contributed by atoms with van der Waals surface area (Å²) in [5.41, 5.74) is 6.01. The largest absolute Gasteiger partial charge is 0.504 e. The number of methoxy groups -OCH3 is 2. The van der Waals surface area contributed by atoms with Crippen molar-refractivity contribution in [3.8, 4) is 34.1 Å². The molecule has 1 unspecified atom stereocenters. The van der Waals surface area contributed by atoms with Gasteiger partial charge in [-0.25, -0.2) is 0 Å². The third-order valence-electron chi connectivity index (χ3n) is 6.59. The van der Waals surface area contributed by atoms with Gasteiger partial charge in [-0.05, 0) is 72.4 Å². The SMILES string of the molecule is COc1cc2c(cc1O)CC1c3c(cc(OC)c(O)c3-2)CCN1C(=O)c1ccc(C)cc1. The summed E-state index contributed by atoms with van der Waals surface area (Å²) in [6.07, 6.45) is 1.20. The zero-order valence-electron chi connectivity index (χ0n) is 18.3. The van der Waals surface area contributed by atoms with Crippen LogP contribution in [0.15, 0.2) is 42.5 Å². The van der Waals surface area contributed by atoms with Crippen molar-refractivity contribution < 1.29 is 24.5 Å². The molecule has 0 radical (unpaired) electrons. The van der Waals surface area contributed by atoms with E-state index in [1.807, 2.05) is 42.2 Å². The van der Waals surface area contributed by atoms with Crippen molar-refractivity contribution in [1.29, 1.82) is 0 Å². The minimum atomic E-state index is -0.250. The number of carbonyl (C=O) groups is 1. The maximum Gasteiger partial charge on any atom is 0.254 e. The first-order chi connectivity index (χ1) is 15.4. The van der Waals surface area contributed by atoms with Crippen LogP contribution in [-0.4, -0.2) is 41.8 Å². The molecule has 0 saturated heterocycles. The summed E-state index contributed by atoms with van der Waals surface area (Å²) in [5.74, 6) is 0.763. The second-order valence-corrected chi connectivity index (χ2v) is 8.39. The molecule has 6 nitrogen and oxygen atoms in total. The third-order valence-corrected chi connectivity index (χ3v) is 6.59. The zero-order valence-corrected chi connectivity index (χ0v) is 18.3. The lowest BCUT2D eigenvalue weighted by Gasteiger charge is -2.42. The molecule has 0 fully saturated rings. The lowest BCUT2D eigenvalue weighted by atomic mass is 9.76. The number of aryl methyl sites for hydroxylation is 1. The molecule has 32 heavy (non-hydrogen) atoms. The predicted molar refractivity (Wildman–Crippen MR) is 121 cm³/mol. The Kier molecular flexibility index (Phi) is 4.73. The van der Waals surface area contributed by atoms with Gasteiger partial charge in [0.1, 0.15) is 0 Å². The molecule has 1 heterocycles. The number of nitrogens with zero attached hydrogens (tertiary/aromatic N) is 1. The van der Waals surface area contributed by atoms with Gasteiger partial charge < -0.3 is 24.6 Å². The number of amides is 1. The number of rotatable bonds is 3. The number of phenols is 2. The monoisotopic (exact) mass is 431 g/mol.